The molecular weight excluding hydrogens is 316 g/mol. The lowest BCUT2D eigenvalue weighted by molar-refractivity contribution is -0.149. The van der Waals surface area contributed by atoms with E-state index in [1.54, 1.807) is 0 Å². The minimum absolute atomic E-state index is 0.0263. The molecule has 3 fully saturated rings. The van der Waals surface area contributed by atoms with Gasteiger partial charge in [-0.3, -0.25) is 9.59 Å². The van der Waals surface area contributed by atoms with Crippen molar-refractivity contribution in [2.45, 2.75) is 90.4 Å². The van der Waals surface area contributed by atoms with E-state index in [4.69, 9.17) is 9.47 Å². The van der Waals surface area contributed by atoms with Crippen molar-refractivity contribution in [1.82, 2.24) is 0 Å². The molecule has 1 saturated heterocycles. The predicted octanol–water partition coefficient (Wildman–Crippen LogP) is 4.22. The van der Waals surface area contributed by atoms with E-state index in [2.05, 4.69) is 20.4 Å². The first-order chi connectivity index (χ1) is 11.7. The third-order valence-corrected chi connectivity index (χ3v) is 6.97. The van der Waals surface area contributed by atoms with Gasteiger partial charge in [0.05, 0.1) is 17.8 Å². The molecule has 0 amide bonds. The number of rotatable bonds is 5. The summed E-state index contributed by atoms with van der Waals surface area (Å²) in [4.78, 5) is 24.0. The molecule has 0 spiro atoms. The molecule has 4 heteroatoms. The Balaban J connectivity index is 1.62. The maximum atomic E-state index is 13.0. The second-order valence-electron chi connectivity index (χ2n) is 8.87. The molecule has 0 aromatic rings. The number of allylic oxidation sites excluding steroid dienone is 1. The van der Waals surface area contributed by atoms with E-state index >= 15 is 0 Å². The van der Waals surface area contributed by atoms with Gasteiger partial charge >= 0.3 is 5.97 Å². The largest absolute Gasteiger partial charge is 0.463 e. The molecule has 1 aliphatic heterocycles. The smallest absolute Gasteiger partial charge is 0.302 e. The second kappa shape index (κ2) is 6.53. The van der Waals surface area contributed by atoms with Gasteiger partial charge in [-0.25, -0.2) is 0 Å². The zero-order chi connectivity index (χ0) is 18.4. The third-order valence-electron chi connectivity index (χ3n) is 6.97. The van der Waals surface area contributed by atoms with Crippen molar-refractivity contribution < 1.29 is 19.1 Å². The first-order valence-electron chi connectivity index (χ1n) is 9.72. The number of hydrogen-bond donors (Lipinski definition) is 0. The summed E-state index contributed by atoms with van der Waals surface area (Å²) in [6, 6.07) is 0. The lowest BCUT2D eigenvalue weighted by Gasteiger charge is -2.54. The number of epoxide rings is 1. The summed E-state index contributed by atoms with van der Waals surface area (Å²) in [5.41, 5.74) is 1.08. The van der Waals surface area contributed by atoms with E-state index in [-0.39, 0.29) is 23.1 Å². The quantitative estimate of drug-likeness (QED) is 0.424. The zero-order valence-electron chi connectivity index (χ0n) is 16.1. The van der Waals surface area contributed by atoms with Gasteiger partial charge in [-0.1, -0.05) is 19.1 Å². The molecule has 0 aromatic carbocycles. The van der Waals surface area contributed by atoms with Crippen LogP contribution in [-0.4, -0.2) is 29.6 Å². The minimum Gasteiger partial charge on any atom is -0.463 e. The number of hydrogen-bond acceptors (Lipinski definition) is 4. The average Bonchev–Trinajstić information content (AvgIpc) is 3.16. The van der Waals surface area contributed by atoms with Crippen LogP contribution in [0.2, 0.25) is 0 Å². The van der Waals surface area contributed by atoms with E-state index in [1.165, 1.54) is 12.5 Å². The Bertz CT molecular complexity index is 582. The van der Waals surface area contributed by atoms with Gasteiger partial charge in [0.2, 0.25) is 0 Å². The molecule has 3 rings (SSSR count). The molecular formula is C21H32O4. The molecule has 4 nitrogen and oxygen atoms in total. The minimum atomic E-state index is -0.283. The van der Waals surface area contributed by atoms with Crippen LogP contribution in [0.5, 0.6) is 0 Å². The fraction of sp³-hybridized carbons (Fsp3) is 0.810. The van der Waals surface area contributed by atoms with Crippen molar-refractivity contribution in [3.05, 3.63) is 12.2 Å². The van der Waals surface area contributed by atoms with Gasteiger partial charge in [-0.2, -0.15) is 0 Å². The molecule has 2 aliphatic carbocycles. The number of ketones is 1. The van der Waals surface area contributed by atoms with Crippen molar-refractivity contribution in [1.29, 1.82) is 0 Å². The van der Waals surface area contributed by atoms with Gasteiger partial charge in [0, 0.05) is 18.8 Å². The maximum Gasteiger partial charge on any atom is 0.302 e. The van der Waals surface area contributed by atoms with Gasteiger partial charge in [0.1, 0.15) is 5.78 Å². The van der Waals surface area contributed by atoms with E-state index in [9.17, 15) is 9.59 Å². The highest BCUT2D eigenvalue weighted by atomic mass is 16.6. The summed E-state index contributed by atoms with van der Waals surface area (Å²) in [6.07, 6.45) is 6.38. The molecule has 3 aliphatic rings. The lowest BCUT2D eigenvalue weighted by atomic mass is 9.49. The van der Waals surface area contributed by atoms with Crippen LogP contribution < -0.4 is 0 Å². The van der Waals surface area contributed by atoms with E-state index in [0.29, 0.717) is 36.6 Å². The number of carbonyl (C=O) groups is 2. The number of ether oxygens (including phenoxy) is 2. The molecule has 2 saturated carbocycles. The summed E-state index contributed by atoms with van der Waals surface area (Å²) in [5.74, 6) is 0.908. The zero-order valence-corrected chi connectivity index (χ0v) is 16.1. The van der Waals surface area contributed by atoms with Gasteiger partial charge in [-0.05, 0) is 64.2 Å². The standard InChI is InChI=1S/C21H32O4/c1-13-6-9-19-21(5,25-19)11-10-17-16(13)12-20(17,4)18(23)8-7-14(2)24-15(3)22/h14,16-17,19H,1,6-12H2,2-5H3/t14?,16-,17-,19+,20-,21-/m0/s1. The third kappa shape index (κ3) is 3.55. The van der Waals surface area contributed by atoms with Crippen molar-refractivity contribution in [2.75, 3.05) is 0 Å². The van der Waals surface area contributed by atoms with Crippen molar-refractivity contribution in [2.24, 2.45) is 17.3 Å². The van der Waals surface area contributed by atoms with E-state index < -0.39 is 0 Å². The monoisotopic (exact) mass is 348 g/mol. The summed E-state index contributed by atoms with van der Waals surface area (Å²) in [7, 11) is 0. The van der Waals surface area contributed by atoms with Crippen LogP contribution in [0.4, 0.5) is 0 Å². The fourth-order valence-electron chi connectivity index (χ4n) is 5.08. The summed E-state index contributed by atoms with van der Waals surface area (Å²) in [5, 5.41) is 0. The van der Waals surface area contributed by atoms with Gasteiger partial charge < -0.3 is 9.47 Å². The van der Waals surface area contributed by atoms with E-state index in [1.807, 2.05) is 6.92 Å². The van der Waals surface area contributed by atoms with Crippen LogP contribution in [0.25, 0.3) is 0 Å². The lowest BCUT2D eigenvalue weighted by Crippen LogP contribution is -2.52. The van der Waals surface area contributed by atoms with Crippen LogP contribution in [0, 0.1) is 17.3 Å². The van der Waals surface area contributed by atoms with Crippen LogP contribution in [0.1, 0.15) is 72.6 Å². The van der Waals surface area contributed by atoms with Crippen molar-refractivity contribution >= 4 is 11.8 Å². The highest BCUT2D eigenvalue weighted by Gasteiger charge is 2.59. The highest BCUT2D eigenvalue weighted by molar-refractivity contribution is 5.86. The van der Waals surface area contributed by atoms with Crippen molar-refractivity contribution in [3.63, 3.8) is 0 Å². The van der Waals surface area contributed by atoms with Gasteiger partial charge in [0.25, 0.3) is 0 Å². The molecule has 0 bridgehead atoms. The van der Waals surface area contributed by atoms with Crippen LogP contribution >= 0.6 is 0 Å². The van der Waals surface area contributed by atoms with Crippen LogP contribution in [-0.2, 0) is 19.1 Å². The average molecular weight is 348 g/mol. The highest BCUT2D eigenvalue weighted by Crippen LogP contribution is 2.60. The van der Waals surface area contributed by atoms with E-state index in [0.717, 1.165) is 32.1 Å². The summed E-state index contributed by atoms with van der Waals surface area (Å²) in [6.45, 7) is 11.9. The molecule has 0 aromatic heterocycles. The Morgan fingerprint density at radius 3 is 2.76 bits per heavy atom. The number of fused-ring (bicyclic) bond motifs is 2. The Labute approximate surface area is 151 Å². The molecule has 1 heterocycles. The molecule has 0 N–H and O–H groups in total. The van der Waals surface area contributed by atoms with Crippen LogP contribution in [0.3, 0.4) is 0 Å². The van der Waals surface area contributed by atoms with Gasteiger partial charge in [0.15, 0.2) is 0 Å². The maximum absolute atomic E-state index is 13.0. The van der Waals surface area contributed by atoms with Crippen LogP contribution in [0.15, 0.2) is 12.2 Å². The summed E-state index contributed by atoms with van der Waals surface area (Å²) < 4.78 is 11.1. The number of carbonyl (C=O) groups excluding carboxylic acids is 2. The fourth-order valence-corrected chi connectivity index (χ4v) is 5.08. The number of Topliss-reactive ketones (excluding diaryl/α,β-unsaturated/α-hetero) is 1. The summed E-state index contributed by atoms with van der Waals surface area (Å²) >= 11 is 0. The molecule has 1 unspecified atom stereocenters. The van der Waals surface area contributed by atoms with Crippen molar-refractivity contribution in [3.8, 4) is 0 Å². The Morgan fingerprint density at radius 1 is 1.36 bits per heavy atom. The number of esters is 1. The topological polar surface area (TPSA) is 55.9 Å². The second-order valence-corrected chi connectivity index (χ2v) is 8.87. The normalized spacial score (nSPS) is 41.1. The Kier molecular flexibility index (Phi) is 4.87. The molecule has 0 radical (unpaired) electrons. The predicted molar refractivity (Wildman–Crippen MR) is 96.1 cm³/mol. The molecule has 6 atom stereocenters. The Morgan fingerprint density at radius 2 is 2.08 bits per heavy atom. The van der Waals surface area contributed by atoms with Gasteiger partial charge in [-0.15, -0.1) is 0 Å². The molecule has 25 heavy (non-hydrogen) atoms. The first-order valence-corrected chi connectivity index (χ1v) is 9.72. The first kappa shape index (κ1) is 18.6. The molecule has 140 valence electrons. The SMILES string of the molecule is C=C1CC[C@H]2O[C@@]2(C)CC[C@H]2[C@H]1C[C@]2(C)C(=O)CCC(C)OC(C)=O. The Hall–Kier alpha value is -1.16.